The van der Waals surface area contributed by atoms with E-state index in [0.29, 0.717) is 6.54 Å². The van der Waals surface area contributed by atoms with Crippen LogP contribution in [0.4, 0.5) is 0 Å². The van der Waals surface area contributed by atoms with Crippen molar-refractivity contribution in [3.63, 3.8) is 0 Å². The smallest absolute Gasteiger partial charge is 0.128 e. The summed E-state index contributed by atoms with van der Waals surface area (Å²) in [5.74, 6) is 0.846. The number of aromatic amines is 1. The van der Waals surface area contributed by atoms with E-state index in [4.69, 9.17) is 22.1 Å². The predicted octanol–water partition coefficient (Wildman–Crippen LogP) is 5.85. The second-order valence-electron chi connectivity index (χ2n) is 6.21. The lowest BCUT2D eigenvalue weighted by molar-refractivity contribution is 0.416. The van der Waals surface area contributed by atoms with Crippen LogP contribution in [0.2, 0.25) is 5.02 Å². The monoisotopic (exact) mass is 420 g/mol. The highest BCUT2D eigenvalue weighted by Crippen LogP contribution is 2.39. The number of H-pyrrole nitrogens is 1. The average molecular weight is 422 g/mol. The van der Waals surface area contributed by atoms with Gasteiger partial charge in [0.25, 0.3) is 0 Å². The first kappa shape index (κ1) is 18.3. The number of benzene rings is 2. The standard InChI is InChI=1S/C20H22BrClN2O/c1-12-9-14(22)11-16-15(5-3-4-8-23)20(24-19(12)16)17-10-13(21)6-7-18(17)25-2/h6-7,9-11,24H,3-5,8,23H2,1-2H3. The molecule has 0 unspecified atom stereocenters. The van der Waals surface area contributed by atoms with Gasteiger partial charge in [0.05, 0.1) is 12.8 Å². The molecule has 0 spiro atoms. The van der Waals surface area contributed by atoms with E-state index in [9.17, 15) is 0 Å². The fourth-order valence-electron chi connectivity index (χ4n) is 3.29. The minimum Gasteiger partial charge on any atom is -0.496 e. The summed E-state index contributed by atoms with van der Waals surface area (Å²) < 4.78 is 6.62. The Morgan fingerprint density at radius 1 is 1.20 bits per heavy atom. The van der Waals surface area contributed by atoms with Gasteiger partial charge in [-0.15, -0.1) is 0 Å². The number of nitrogens with two attached hydrogens (primary N) is 1. The van der Waals surface area contributed by atoms with Gasteiger partial charge in [-0.3, -0.25) is 0 Å². The largest absolute Gasteiger partial charge is 0.496 e. The highest BCUT2D eigenvalue weighted by Gasteiger charge is 2.18. The Labute approximate surface area is 161 Å². The second kappa shape index (κ2) is 7.81. The second-order valence-corrected chi connectivity index (χ2v) is 7.57. The zero-order valence-electron chi connectivity index (χ0n) is 14.5. The number of hydrogen-bond donors (Lipinski definition) is 2. The van der Waals surface area contributed by atoms with E-state index >= 15 is 0 Å². The predicted molar refractivity (Wildman–Crippen MR) is 110 cm³/mol. The molecule has 3 nitrogen and oxygen atoms in total. The topological polar surface area (TPSA) is 51.0 Å². The van der Waals surface area contributed by atoms with Crippen LogP contribution in [0, 0.1) is 6.92 Å². The molecule has 0 radical (unpaired) electrons. The van der Waals surface area contributed by atoms with Gasteiger partial charge in [-0.25, -0.2) is 0 Å². The fourth-order valence-corrected chi connectivity index (χ4v) is 3.93. The molecule has 3 aromatic rings. The molecule has 0 aliphatic rings. The molecule has 0 bridgehead atoms. The molecule has 5 heteroatoms. The van der Waals surface area contributed by atoms with Crippen LogP contribution in [-0.2, 0) is 6.42 Å². The van der Waals surface area contributed by atoms with Crippen molar-refractivity contribution < 1.29 is 4.74 Å². The number of hydrogen-bond acceptors (Lipinski definition) is 2. The van der Waals surface area contributed by atoms with Crippen molar-refractivity contribution in [1.82, 2.24) is 4.98 Å². The molecule has 0 saturated heterocycles. The minimum atomic E-state index is 0.706. The summed E-state index contributed by atoms with van der Waals surface area (Å²) in [6.07, 6.45) is 2.99. The van der Waals surface area contributed by atoms with E-state index in [1.807, 2.05) is 24.3 Å². The Bertz CT molecular complexity index is 904. The Morgan fingerprint density at radius 3 is 2.72 bits per heavy atom. The van der Waals surface area contributed by atoms with E-state index in [2.05, 4.69) is 33.9 Å². The molecule has 0 atom stereocenters. The molecule has 3 rings (SSSR count). The number of methoxy groups -OCH3 is 1. The number of nitrogens with one attached hydrogen (secondary N) is 1. The van der Waals surface area contributed by atoms with Crippen LogP contribution in [0.3, 0.4) is 0 Å². The zero-order valence-corrected chi connectivity index (χ0v) is 16.8. The molecule has 3 N–H and O–H groups in total. The molecule has 132 valence electrons. The summed E-state index contributed by atoms with van der Waals surface area (Å²) in [5, 5.41) is 1.94. The van der Waals surface area contributed by atoms with Gasteiger partial charge in [0.2, 0.25) is 0 Å². The first-order valence-electron chi connectivity index (χ1n) is 8.39. The minimum absolute atomic E-state index is 0.706. The summed E-state index contributed by atoms with van der Waals surface area (Å²) in [4.78, 5) is 3.61. The van der Waals surface area contributed by atoms with Crippen molar-refractivity contribution >= 4 is 38.4 Å². The van der Waals surface area contributed by atoms with Gasteiger partial charge in [0, 0.05) is 26.0 Å². The summed E-state index contributed by atoms with van der Waals surface area (Å²) >= 11 is 9.90. The maximum atomic E-state index is 6.33. The molecule has 0 saturated carbocycles. The van der Waals surface area contributed by atoms with Gasteiger partial charge in [-0.2, -0.15) is 0 Å². The van der Waals surface area contributed by atoms with Crippen LogP contribution in [-0.4, -0.2) is 18.6 Å². The number of aromatic nitrogens is 1. The third-order valence-electron chi connectivity index (χ3n) is 4.49. The maximum absolute atomic E-state index is 6.33. The lowest BCUT2D eigenvalue weighted by Crippen LogP contribution is -1.99. The number of rotatable bonds is 6. The number of unbranched alkanes of at least 4 members (excludes halogenated alkanes) is 1. The quantitative estimate of drug-likeness (QED) is 0.490. The Balaban J connectivity index is 2.25. The zero-order chi connectivity index (χ0) is 18.0. The third kappa shape index (κ3) is 3.71. The molecule has 2 aromatic carbocycles. The molecule has 1 heterocycles. The third-order valence-corrected chi connectivity index (χ3v) is 5.20. The molecule has 0 fully saturated rings. The molecular weight excluding hydrogens is 400 g/mol. The van der Waals surface area contributed by atoms with E-state index in [1.165, 1.54) is 10.9 Å². The lowest BCUT2D eigenvalue weighted by Gasteiger charge is -2.10. The van der Waals surface area contributed by atoms with Gasteiger partial charge in [-0.05, 0) is 74.2 Å². The maximum Gasteiger partial charge on any atom is 0.128 e. The van der Waals surface area contributed by atoms with Crippen LogP contribution in [0.15, 0.2) is 34.8 Å². The van der Waals surface area contributed by atoms with Gasteiger partial charge in [0.15, 0.2) is 0 Å². The normalized spacial score (nSPS) is 11.2. The Kier molecular flexibility index (Phi) is 5.72. The molecule has 25 heavy (non-hydrogen) atoms. The Morgan fingerprint density at radius 2 is 2.00 bits per heavy atom. The van der Waals surface area contributed by atoms with Crippen molar-refractivity contribution in [2.24, 2.45) is 5.73 Å². The molecular formula is C20H22BrClN2O. The van der Waals surface area contributed by atoms with Crippen LogP contribution in [0.1, 0.15) is 24.0 Å². The highest BCUT2D eigenvalue weighted by atomic mass is 79.9. The summed E-state index contributed by atoms with van der Waals surface area (Å²) in [7, 11) is 1.70. The van der Waals surface area contributed by atoms with Crippen molar-refractivity contribution in [3.8, 4) is 17.0 Å². The van der Waals surface area contributed by atoms with Crippen molar-refractivity contribution in [2.75, 3.05) is 13.7 Å². The number of fused-ring (bicyclic) bond motifs is 1. The van der Waals surface area contributed by atoms with Crippen LogP contribution in [0.5, 0.6) is 5.75 Å². The summed E-state index contributed by atoms with van der Waals surface area (Å²) in [6.45, 7) is 2.79. The van der Waals surface area contributed by atoms with Gasteiger partial charge >= 0.3 is 0 Å². The summed E-state index contributed by atoms with van der Waals surface area (Å²) in [6, 6.07) is 10.1. The number of ether oxygens (including phenoxy) is 1. The molecule has 0 aliphatic heterocycles. The van der Waals surface area contributed by atoms with Crippen LogP contribution >= 0.6 is 27.5 Å². The van der Waals surface area contributed by atoms with Gasteiger partial charge in [-0.1, -0.05) is 27.5 Å². The van der Waals surface area contributed by atoms with E-state index < -0.39 is 0 Å². The molecule has 1 aromatic heterocycles. The Hall–Kier alpha value is -1.49. The highest BCUT2D eigenvalue weighted by molar-refractivity contribution is 9.10. The van der Waals surface area contributed by atoms with Gasteiger partial charge < -0.3 is 15.5 Å². The fraction of sp³-hybridized carbons (Fsp3) is 0.300. The first-order chi connectivity index (χ1) is 12.0. The SMILES string of the molecule is COc1ccc(Br)cc1-c1[nH]c2c(C)cc(Cl)cc2c1CCCCN. The number of halogens is 2. The molecule has 0 amide bonds. The van der Waals surface area contributed by atoms with E-state index in [1.54, 1.807) is 7.11 Å². The first-order valence-corrected chi connectivity index (χ1v) is 9.57. The van der Waals surface area contributed by atoms with Crippen molar-refractivity contribution in [3.05, 3.63) is 51.0 Å². The van der Waals surface area contributed by atoms with Crippen molar-refractivity contribution in [1.29, 1.82) is 0 Å². The lowest BCUT2D eigenvalue weighted by atomic mass is 9.99. The van der Waals surface area contributed by atoms with Crippen molar-refractivity contribution in [2.45, 2.75) is 26.2 Å². The van der Waals surface area contributed by atoms with Gasteiger partial charge in [0.1, 0.15) is 5.75 Å². The van der Waals surface area contributed by atoms with E-state index in [0.717, 1.165) is 56.8 Å². The van der Waals surface area contributed by atoms with Crippen LogP contribution < -0.4 is 10.5 Å². The number of aryl methyl sites for hydroxylation is 2. The molecule has 0 aliphatic carbocycles. The van der Waals surface area contributed by atoms with E-state index in [-0.39, 0.29) is 0 Å². The van der Waals surface area contributed by atoms with Crippen LogP contribution in [0.25, 0.3) is 22.2 Å². The average Bonchev–Trinajstić information content (AvgIpc) is 2.94. The summed E-state index contributed by atoms with van der Waals surface area (Å²) in [5.41, 5.74) is 11.4.